The van der Waals surface area contributed by atoms with Crippen molar-refractivity contribution < 1.29 is 76.9 Å². The Hall–Kier alpha value is -0.640. The van der Waals surface area contributed by atoms with E-state index in [4.69, 9.17) is 76.9 Å². The second kappa shape index (κ2) is 41.5. The van der Waals surface area contributed by atoms with Crippen molar-refractivity contribution in [3.05, 3.63) is 0 Å². The number of rotatable bonds is 39. The molecule has 0 spiro atoms. The van der Waals surface area contributed by atoms with Gasteiger partial charge in [-0.15, -0.1) is 0 Å². The summed E-state index contributed by atoms with van der Waals surface area (Å²) in [5.41, 5.74) is 0. The summed E-state index contributed by atoms with van der Waals surface area (Å²) in [4.78, 5) is 0. The molecule has 0 bridgehead atoms. The van der Waals surface area contributed by atoms with Gasteiger partial charge in [-0.05, 0) is 48.5 Å². The summed E-state index contributed by atoms with van der Waals surface area (Å²) in [5, 5.41) is 25.9. The van der Waals surface area contributed by atoms with Crippen LogP contribution in [-0.2, 0) is 61.6 Å². The van der Waals surface area contributed by atoms with Crippen LogP contribution >= 0.6 is 0 Å². The molecule has 7 unspecified atom stereocenters. The van der Waals surface area contributed by atoms with Gasteiger partial charge in [0.1, 0.15) is 0 Å². The fraction of sp³-hybridized carbons (Fsp3) is 1.00. The zero-order valence-electron chi connectivity index (χ0n) is 33.5. The summed E-state index contributed by atoms with van der Waals surface area (Å²) in [5.74, 6) is 0. The zero-order chi connectivity index (χ0) is 39.1. The highest BCUT2D eigenvalue weighted by atomic mass is 16.6. The van der Waals surface area contributed by atoms with Crippen molar-refractivity contribution in [1.29, 1.82) is 0 Å². The van der Waals surface area contributed by atoms with Crippen molar-refractivity contribution in [3.63, 3.8) is 0 Å². The summed E-state index contributed by atoms with van der Waals surface area (Å²) >= 11 is 0. The fourth-order valence-electron chi connectivity index (χ4n) is 3.49. The normalized spacial score (nSPS) is 15.8. The van der Waals surface area contributed by atoms with Crippen molar-refractivity contribution >= 4 is 0 Å². The molecule has 0 rings (SSSR count). The molecule has 0 aliphatic heterocycles. The number of ether oxygens (including phenoxy) is 13. The van der Waals surface area contributed by atoms with Gasteiger partial charge in [0.2, 0.25) is 0 Å². The molecule has 3 N–H and O–H groups in total. The van der Waals surface area contributed by atoms with E-state index < -0.39 is 0 Å². The third-order valence-electron chi connectivity index (χ3n) is 6.68. The highest BCUT2D eigenvalue weighted by Crippen LogP contribution is 2.04. The van der Waals surface area contributed by atoms with Crippen LogP contribution in [0.3, 0.4) is 0 Å². The van der Waals surface area contributed by atoms with E-state index in [-0.39, 0.29) is 62.5 Å². The molecule has 0 aliphatic rings. The Kier molecular flexibility index (Phi) is 42.7. The predicted octanol–water partition coefficient (Wildman–Crippen LogP) is 1.51. The molecular formula is C36H76O16. The standard InChI is InChI=1S/C22H46O8.C14H30O8/c1-16(9-23)25-11-18(3)27-13-20(5)29-15-22(7)30-14-21(6)28-12-19(4)26-10-17(2)24-8;15-1-3-17-5-7-19-9-11-21-13-14-22-12-10-20-8-6-18-4-2-16/h16-23H,9-15H2,1-8H3;15-16H,1-14H2. The van der Waals surface area contributed by atoms with Gasteiger partial charge in [-0.2, -0.15) is 0 Å². The first kappa shape index (κ1) is 53.5. The van der Waals surface area contributed by atoms with Gasteiger partial charge in [0.15, 0.2) is 0 Å². The van der Waals surface area contributed by atoms with Crippen LogP contribution in [0.5, 0.6) is 0 Å². The van der Waals surface area contributed by atoms with Crippen molar-refractivity contribution in [3.8, 4) is 0 Å². The van der Waals surface area contributed by atoms with Gasteiger partial charge in [0, 0.05) is 7.11 Å². The molecule has 0 radical (unpaired) electrons. The summed E-state index contributed by atoms with van der Waals surface area (Å²) in [6.45, 7) is 22.4. The Morgan fingerprint density at radius 1 is 0.308 bits per heavy atom. The van der Waals surface area contributed by atoms with E-state index in [1.165, 1.54) is 0 Å². The van der Waals surface area contributed by atoms with E-state index in [0.717, 1.165) is 0 Å². The zero-order valence-corrected chi connectivity index (χ0v) is 33.5. The van der Waals surface area contributed by atoms with E-state index in [1.54, 1.807) is 7.11 Å². The van der Waals surface area contributed by atoms with Crippen LogP contribution in [0.4, 0.5) is 0 Å². The molecule has 16 heteroatoms. The molecule has 0 aromatic heterocycles. The molecule has 0 fully saturated rings. The average Bonchev–Trinajstić information content (AvgIpc) is 3.15. The summed E-state index contributed by atoms with van der Waals surface area (Å²) < 4.78 is 70.6. The first-order chi connectivity index (χ1) is 25.1. The number of aliphatic hydroxyl groups excluding tert-OH is 3. The second-order valence-corrected chi connectivity index (χ2v) is 12.2. The number of hydrogen-bond donors (Lipinski definition) is 3. The largest absolute Gasteiger partial charge is 0.394 e. The molecule has 7 atom stereocenters. The highest BCUT2D eigenvalue weighted by Gasteiger charge is 2.14. The van der Waals surface area contributed by atoms with E-state index in [9.17, 15) is 0 Å². The Morgan fingerprint density at radius 2 is 0.519 bits per heavy atom. The Labute approximate surface area is 313 Å². The third-order valence-corrected chi connectivity index (χ3v) is 6.68. The minimum atomic E-state index is -0.177. The lowest BCUT2D eigenvalue weighted by molar-refractivity contribution is -0.105. The first-order valence-corrected chi connectivity index (χ1v) is 18.6. The Morgan fingerprint density at radius 3 is 0.731 bits per heavy atom. The highest BCUT2D eigenvalue weighted by molar-refractivity contribution is 4.59. The van der Waals surface area contributed by atoms with Gasteiger partial charge in [-0.25, -0.2) is 0 Å². The van der Waals surface area contributed by atoms with E-state index in [1.807, 2.05) is 48.5 Å². The Balaban J connectivity index is 0. The number of hydrogen-bond acceptors (Lipinski definition) is 16. The lowest BCUT2D eigenvalue weighted by Crippen LogP contribution is -2.30. The van der Waals surface area contributed by atoms with E-state index in [2.05, 4.69) is 0 Å². The van der Waals surface area contributed by atoms with Crippen LogP contribution in [0.15, 0.2) is 0 Å². The molecule has 16 nitrogen and oxygen atoms in total. The van der Waals surface area contributed by atoms with Gasteiger partial charge in [-0.1, -0.05) is 0 Å². The molecule has 0 saturated heterocycles. The SMILES string of the molecule is COC(C)COC(C)COC(C)COC(C)COC(C)COC(C)COC(C)CO.OCCOCCOCCOCCOCCOCCOCCO. The molecule has 0 saturated carbocycles. The third kappa shape index (κ3) is 42.1. The van der Waals surface area contributed by atoms with Gasteiger partial charge >= 0.3 is 0 Å². The maximum absolute atomic E-state index is 8.95. The quantitative estimate of drug-likeness (QED) is 0.0766. The second-order valence-electron chi connectivity index (χ2n) is 12.2. The van der Waals surface area contributed by atoms with Crippen LogP contribution in [0.25, 0.3) is 0 Å². The molecular weight excluding hydrogens is 688 g/mol. The maximum atomic E-state index is 8.95. The maximum Gasteiger partial charge on any atom is 0.0781 e. The minimum Gasteiger partial charge on any atom is -0.394 e. The summed E-state index contributed by atoms with van der Waals surface area (Å²) in [6, 6.07) is 0. The molecule has 52 heavy (non-hydrogen) atoms. The van der Waals surface area contributed by atoms with Crippen molar-refractivity contribution in [2.45, 2.75) is 91.2 Å². The van der Waals surface area contributed by atoms with Gasteiger partial charge in [0.25, 0.3) is 0 Å². The van der Waals surface area contributed by atoms with Crippen LogP contribution in [0, 0.1) is 0 Å². The van der Waals surface area contributed by atoms with Crippen LogP contribution < -0.4 is 0 Å². The van der Waals surface area contributed by atoms with Crippen molar-refractivity contribution in [2.24, 2.45) is 0 Å². The molecule has 0 heterocycles. The Bertz CT molecular complexity index is 628. The van der Waals surface area contributed by atoms with Gasteiger partial charge in [0.05, 0.1) is 181 Å². The summed E-state index contributed by atoms with van der Waals surface area (Å²) in [6.07, 6.45) is -0.262. The smallest absolute Gasteiger partial charge is 0.0781 e. The predicted molar refractivity (Wildman–Crippen MR) is 195 cm³/mol. The molecule has 0 aromatic rings. The number of methoxy groups -OCH3 is 1. The summed E-state index contributed by atoms with van der Waals surface area (Å²) in [7, 11) is 1.67. The van der Waals surface area contributed by atoms with E-state index >= 15 is 0 Å². The lowest BCUT2D eigenvalue weighted by Gasteiger charge is -2.22. The minimum absolute atomic E-state index is 0.00583. The fourth-order valence-corrected chi connectivity index (χ4v) is 3.49. The van der Waals surface area contributed by atoms with E-state index in [0.29, 0.717) is 119 Å². The molecule has 0 aliphatic carbocycles. The lowest BCUT2D eigenvalue weighted by atomic mass is 10.3. The van der Waals surface area contributed by atoms with Crippen LogP contribution in [0.1, 0.15) is 48.5 Å². The number of aliphatic hydroxyl groups is 3. The van der Waals surface area contributed by atoms with Crippen molar-refractivity contribution in [1.82, 2.24) is 0 Å². The monoisotopic (exact) mass is 765 g/mol. The first-order valence-electron chi connectivity index (χ1n) is 18.6. The molecule has 0 aromatic carbocycles. The van der Waals surface area contributed by atoms with Gasteiger partial charge in [-0.3, -0.25) is 0 Å². The molecule has 0 amide bonds. The van der Waals surface area contributed by atoms with Gasteiger partial charge < -0.3 is 76.9 Å². The van der Waals surface area contributed by atoms with Crippen molar-refractivity contribution in [2.75, 3.05) is 146 Å². The van der Waals surface area contributed by atoms with Crippen LogP contribution in [-0.4, -0.2) is 204 Å². The van der Waals surface area contributed by atoms with Crippen LogP contribution in [0.2, 0.25) is 0 Å². The average molecular weight is 765 g/mol. The molecule has 316 valence electrons. The topological polar surface area (TPSA) is 181 Å².